The lowest BCUT2D eigenvalue weighted by Crippen LogP contribution is -2.00. The summed E-state index contributed by atoms with van der Waals surface area (Å²) in [6, 6.07) is 17.6. The van der Waals surface area contributed by atoms with E-state index in [1.54, 1.807) is 0 Å². The summed E-state index contributed by atoms with van der Waals surface area (Å²) in [7, 11) is 0. The first-order valence-electron chi connectivity index (χ1n) is 6.01. The van der Waals surface area contributed by atoms with Gasteiger partial charge in [-0.15, -0.1) is 0 Å². The number of carbonyl (C=O) groups is 1. The smallest absolute Gasteiger partial charge is 0.188 e. The van der Waals surface area contributed by atoms with Crippen LogP contribution in [0.15, 0.2) is 60.2 Å². The van der Waals surface area contributed by atoms with Crippen molar-refractivity contribution in [2.75, 3.05) is 0 Å². The van der Waals surface area contributed by atoms with E-state index < -0.39 is 0 Å². The average molecular weight is 236 g/mol. The summed E-state index contributed by atoms with van der Waals surface area (Å²) < 4.78 is 0. The lowest BCUT2D eigenvalue weighted by atomic mass is 10.0. The summed E-state index contributed by atoms with van der Waals surface area (Å²) in [4.78, 5) is 12.2. The molecule has 1 heteroatoms. The van der Waals surface area contributed by atoms with Crippen LogP contribution in [0.4, 0.5) is 0 Å². The zero-order valence-electron chi connectivity index (χ0n) is 10.7. The van der Waals surface area contributed by atoms with Gasteiger partial charge in [-0.3, -0.25) is 4.79 Å². The highest BCUT2D eigenvalue weighted by molar-refractivity contribution is 6.10. The molecule has 90 valence electrons. The molecule has 0 fully saturated rings. The molecule has 0 aliphatic heterocycles. The van der Waals surface area contributed by atoms with Crippen LogP contribution >= 0.6 is 0 Å². The van der Waals surface area contributed by atoms with Crippen LogP contribution in [0.1, 0.15) is 28.4 Å². The van der Waals surface area contributed by atoms with E-state index in [1.165, 1.54) is 0 Å². The summed E-state index contributed by atoms with van der Waals surface area (Å²) in [5.74, 6) is 0.0823. The molecule has 1 nitrogen and oxygen atoms in total. The van der Waals surface area contributed by atoms with Crippen molar-refractivity contribution in [1.82, 2.24) is 0 Å². The summed E-state index contributed by atoms with van der Waals surface area (Å²) in [5, 5.41) is 0. The zero-order valence-corrected chi connectivity index (χ0v) is 10.7. The molecule has 2 aromatic carbocycles. The second-order valence-electron chi connectivity index (χ2n) is 4.43. The van der Waals surface area contributed by atoms with E-state index >= 15 is 0 Å². The van der Waals surface area contributed by atoms with E-state index in [-0.39, 0.29) is 5.78 Å². The van der Waals surface area contributed by atoms with Gasteiger partial charge in [0, 0.05) is 5.56 Å². The standard InChI is InChI=1S/C17H16O/c1-13-8-10-16(11-9-13)17(18)14(2)12-15-6-4-3-5-7-15/h3-12H,1-2H3/b14-12+. The zero-order chi connectivity index (χ0) is 13.0. The van der Waals surface area contributed by atoms with Crippen LogP contribution in [0.2, 0.25) is 0 Å². The van der Waals surface area contributed by atoms with Gasteiger partial charge in [0.15, 0.2) is 5.78 Å². The fraction of sp³-hybridized carbons (Fsp3) is 0.118. The van der Waals surface area contributed by atoms with Gasteiger partial charge in [0.25, 0.3) is 0 Å². The molecule has 0 heterocycles. The minimum absolute atomic E-state index is 0.0823. The van der Waals surface area contributed by atoms with Crippen molar-refractivity contribution in [3.8, 4) is 0 Å². The first-order valence-corrected chi connectivity index (χ1v) is 6.01. The molecule has 2 aromatic rings. The van der Waals surface area contributed by atoms with E-state index in [2.05, 4.69) is 0 Å². The molecular formula is C17H16O. The molecule has 0 amide bonds. The van der Waals surface area contributed by atoms with Crippen molar-refractivity contribution in [1.29, 1.82) is 0 Å². The first-order chi connectivity index (χ1) is 8.66. The van der Waals surface area contributed by atoms with Gasteiger partial charge in [-0.2, -0.15) is 0 Å². The van der Waals surface area contributed by atoms with Gasteiger partial charge in [-0.25, -0.2) is 0 Å². The summed E-state index contributed by atoms with van der Waals surface area (Å²) in [5.41, 5.74) is 3.71. The molecule has 0 spiro atoms. The maximum Gasteiger partial charge on any atom is 0.188 e. The van der Waals surface area contributed by atoms with Gasteiger partial charge in [-0.05, 0) is 31.1 Å². The summed E-state index contributed by atoms with van der Waals surface area (Å²) in [6.45, 7) is 3.87. The third-order valence-electron chi connectivity index (χ3n) is 2.85. The highest BCUT2D eigenvalue weighted by Crippen LogP contribution is 2.13. The normalized spacial score (nSPS) is 11.3. The molecule has 0 radical (unpaired) electrons. The Morgan fingerprint density at radius 3 is 2.17 bits per heavy atom. The van der Waals surface area contributed by atoms with E-state index in [0.29, 0.717) is 0 Å². The van der Waals surface area contributed by atoms with Crippen LogP contribution in [0.25, 0.3) is 6.08 Å². The highest BCUT2D eigenvalue weighted by atomic mass is 16.1. The SMILES string of the molecule is C/C(=C\c1ccccc1)C(=O)c1ccc(C)cc1. The molecule has 0 aliphatic rings. The third-order valence-corrected chi connectivity index (χ3v) is 2.85. The molecular weight excluding hydrogens is 220 g/mol. The number of Topliss-reactive ketones (excluding diaryl/α,β-unsaturated/α-hetero) is 1. The lowest BCUT2D eigenvalue weighted by Gasteiger charge is -2.02. The van der Waals surface area contributed by atoms with Gasteiger partial charge in [0.05, 0.1) is 0 Å². The highest BCUT2D eigenvalue weighted by Gasteiger charge is 2.07. The Morgan fingerprint density at radius 1 is 0.944 bits per heavy atom. The topological polar surface area (TPSA) is 17.1 Å². The number of allylic oxidation sites excluding steroid dienone is 1. The molecule has 2 rings (SSSR count). The van der Waals surface area contributed by atoms with Gasteiger partial charge in [0.1, 0.15) is 0 Å². The number of benzene rings is 2. The quantitative estimate of drug-likeness (QED) is 0.574. The van der Waals surface area contributed by atoms with Gasteiger partial charge >= 0.3 is 0 Å². The van der Waals surface area contributed by atoms with Crippen molar-refractivity contribution < 1.29 is 4.79 Å². The van der Waals surface area contributed by atoms with Crippen LogP contribution in [0.3, 0.4) is 0 Å². The van der Waals surface area contributed by atoms with Crippen LogP contribution in [0, 0.1) is 6.92 Å². The number of hydrogen-bond acceptors (Lipinski definition) is 1. The van der Waals surface area contributed by atoms with Crippen LogP contribution in [0.5, 0.6) is 0 Å². The predicted molar refractivity (Wildman–Crippen MR) is 75.6 cm³/mol. The maximum atomic E-state index is 12.2. The summed E-state index contributed by atoms with van der Waals surface area (Å²) in [6.07, 6.45) is 1.92. The number of hydrogen-bond donors (Lipinski definition) is 0. The van der Waals surface area contributed by atoms with Gasteiger partial charge in [-0.1, -0.05) is 60.2 Å². The molecule has 0 saturated heterocycles. The number of ketones is 1. The number of aryl methyl sites for hydroxylation is 1. The van der Waals surface area contributed by atoms with E-state index in [0.717, 1.165) is 22.3 Å². The Balaban J connectivity index is 2.24. The molecule has 0 saturated carbocycles. The molecule has 0 unspecified atom stereocenters. The fourth-order valence-corrected chi connectivity index (χ4v) is 1.80. The van der Waals surface area contributed by atoms with E-state index in [4.69, 9.17) is 0 Å². The Labute approximate surface area is 108 Å². The van der Waals surface area contributed by atoms with Crippen molar-refractivity contribution >= 4 is 11.9 Å². The number of carbonyl (C=O) groups excluding carboxylic acids is 1. The lowest BCUT2D eigenvalue weighted by molar-refractivity contribution is 0.103. The number of rotatable bonds is 3. The largest absolute Gasteiger partial charge is 0.289 e. The first kappa shape index (κ1) is 12.3. The van der Waals surface area contributed by atoms with Crippen molar-refractivity contribution in [3.05, 3.63) is 76.9 Å². The predicted octanol–water partition coefficient (Wildman–Crippen LogP) is 4.28. The van der Waals surface area contributed by atoms with E-state index in [1.807, 2.05) is 74.5 Å². The molecule has 0 N–H and O–H groups in total. The summed E-state index contributed by atoms with van der Waals surface area (Å²) >= 11 is 0. The van der Waals surface area contributed by atoms with Crippen LogP contribution in [-0.4, -0.2) is 5.78 Å². The average Bonchev–Trinajstić information content (AvgIpc) is 2.40. The molecule has 0 aromatic heterocycles. The molecule has 0 atom stereocenters. The van der Waals surface area contributed by atoms with Gasteiger partial charge < -0.3 is 0 Å². The second kappa shape index (κ2) is 5.46. The fourth-order valence-electron chi connectivity index (χ4n) is 1.80. The Bertz CT molecular complexity index is 562. The van der Waals surface area contributed by atoms with Gasteiger partial charge in [0.2, 0.25) is 0 Å². The third kappa shape index (κ3) is 2.95. The van der Waals surface area contributed by atoms with Crippen LogP contribution in [-0.2, 0) is 0 Å². The van der Waals surface area contributed by atoms with Crippen LogP contribution < -0.4 is 0 Å². The monoisotopic (exact) mass is 236 g/mol. The molecule has 0 bridgehead atoms. The Kier molecular flexibility index (Phi) is 3.73. The van der Waals surface area contributed by atoms with Crippen molar-refractivity contribution in [2.24, 2.45) is 0 Å². The van der Waals surface area contributed by atoms with Crippen molar-refractivity contribution in [3.63, 3.8) is 0 Å². The van der Waals surface area contributed by atoms with Crippen molar-refractivity contribution in [2.45, 2.75) is 13.8 Å². The Morgan fingerprint density at radius 2 is 1.56 bits per heavy atom. The second-order valence-corrected chi connectivity index (χ2v) is 4.43. The maximum absolute atomic E-state index is 12.2. The van der Waals surface area contributed by atoms with E-state index in [9.17, 15) is 4.79 Å². The molecule has 0 aliphatic carbocycles. The minimum Gasteiger partial charge on any atom is -0.289 e. The minimum atomic E-state index is 0.0823. The molecule has 18 heavy (non-hydrogen) atoms. The Hall–Kier alpha value is -2.15.